The smallest absolute Gasteiger partial charge is 0.231 e. The Labute approximate surface area is 122 Å². The highest BCUT2D eigenvalue weighted by Gasteiger charge is 2.25. The van der Waals surface area contributed by atoms with E-state index in [0.717, 1.165) is 19.4 Å². The Hall–Kier alpha value is -2.18. The van der Waals surface area contributed by atoms with Gasteiger partial charge in [0.15, 0.2) is 11.5 Å². The third-order valence-electron chi connectivity index (χ3n) is 3.95. The zero-order chi connectivity index (χ0) is 14.8. The largest absolute Gasteiger partial charge is 0.480 e. The molecular formula is C14H19N5O2. The first-order valence-corrected chi connectivity index (χ1v) is 7.24. The van der Waals surface area contributed by atoms with E-state index >= 15 is 0 Å². The number of nitrogens with zero attached hydrogens (tertiary/aromatic N) is 5. The van der Waals surface area contributed by atoms with Crippen molar-refractivity contribution in [1.29, 1.82) is 0 Å². The molecule has 7 nitrogen and oxygen atoms in total. The first-order valence-electron chi connectivity index (χ1n) is 7.24. The summed E-state index contributed by atoms with van der Waals surface area (Å²) >= 11 is 0. The zero-order valence-electron chi connectivity index (χ0n) is 12.3. The van der Waals surface area contributed by atoms with E-state index in [1.165, 1.54) is 0 Å². The highest BCUT2D eigenvalue weighted by molar-refractivity contribution is 5.77. The molecule has 21 heavy (non-hydrogen) atoms. The minimum absolute atomic E-state index is 0.180. The van der Waals surface area contributed by atoms with Gasteiger partial charge in [-0.2, -0.15) is 4.52 Å². The van der Waals surface area contributed by atoms with Gasteiger partial charge in [0.05, 0.1) is 7.11 Å². The molecule has 1 saturated heterocycles. The van der Waals surface area contributed by atoms with E-state index in [1.54, 1.807) is 23.8 Å². The third-order valence-corrected chi connectivity index (χ3v) is 3.95. The molecular weight excluding hydrogens is 270 g/mol. The van der Waals surface area contributed by atoms with E-state index in [1.807, 2.05) is 4.90 Å². The number of carbonyl (C=O) groups is 1. The summed E-state index contributed by atoms with van der Waals surface area (Å²) in [5.41, 5.74) is 0.660. The number of hydrogen-bond donors (Lipinski definition) is 0. The van der Waals surface area contributed by atoms with Gasteiger partial charge in [-0.3, -0.25) is 4.79 Å². The first kappa shape index (κ1) is 13.8. The zero-order valence-corrected chi connectivity index (χ0v) is 12.3. The van der Waals surface area contributed by atoms with E-state index in [9.17, 15) is 4.79 Å². The number of aromatic nitrogens is 4. The average Bonchev–Trinajstić information content (AvgIpc) is 3.10. The fourth-order valence-electron chi connectivity index (χ4n) is 2.75. The fourth-order valence-corrected chi connectivity index (χ4v) is 2.75. The number of aryl methyl sites for hydroxylation is 1. The highest BCUT2D eigenvalue weighted by atomic mass is 16.5. The predicted octanol–water partition coefficient (Wildman–Crippen LogP) is 1.08. The van der Waals surface area contributed by atoms with Crippen LogP contribution in [0, 0.1) is 0 Å². The number of amides is 1. The Morgan fingerprint density at radius 3 is 3.00 bits per heavy atom. The second-order valence-electron chi connectivity index (χ2n) is 5.34. The molecule has 7 heteroatoms. The molecule has 0 aromatic carbocycles. The summed E-state index contributed by atoms with van der Waals surface area (Å²) in [4.78, 5) is 14.2. The monoisotopic (exact) mass is 289 g/mol. The predicted molar refractivity (Wildman–Crippen MR) is 76.1 cm³/mol. The van der Waals surface area contributed by atoms with Gasteiger partial charge in [-0.05, 0) is 25.8 Å². The van der Waals surface area contributed by atoms with Gasteiger partial charge in [0.25, 0.3) is 0 Å². The van der Waals surface area contributed by atoms with Crippen molar-refractivity contribution in [2.24, 2.45) is 0 Å². The van der Waals surface area contributed by atoms with Crippen LogP contribution < -0.4 is 4.74 Å². The van der Waals surface area contributed by atoms with Crippen molar-refractivity contribution >= 4 is 11.6 Å². The highest BCUT2D eigenvalue weighted by Crippen LogP contribution is 2.18. The molecule has 3 heterocycles. The number of fused-ring (bicyclic) bond motifs is 1. The summed E-state index contributed by atoms with van der Waals surface area (Å²) in [5, 5.41) is 12.5. The second-order valence-corrected chi connectivity index (χ2v) is 5.34. The van der Waals surface area contributed by atoms with Gasteiger partial charge in [0, 0.05) is 31.5 Å². The number of rotatable bonds is 4. The molecule has 1 fully saturated rings. The van der Waals surface area contributed by atoms with Crippen LogP contribution in [0.25, 0.3) is 5.65 Å². The van der Waals surface area contributed by atoms with Crippen molar-refractivity contribution in [3.8, 4) is 5.88 Å². The van der Waals surface area contributed by atoms with Crippen LogP contribution in [-0.4, -0.2) is 50.3 Å². The van der Waals surface area contributed by atoms with Gasteiger partial charge >= 0.3 is 0 Å². The van der Waals surface area contributed by atoms with E-state index < -0.39 is 0 Å². The maximum absolute atomic E-state index is 12.2. The number of ether oxygens (including phenoxy) is 1. The Bertz CT molecular complexity index is 654. The maximum atomic E-state index is 12.2. The molecule has 1 amide bonds. The number of likely N-dealkylation sites (tertiary alicyclic amines) is 1. The van der Waals surface area contributed by atoms with Crippen LogP contribution in [-0.2, 0) is 11.2 Å². The van der Waals surface area contributed by atoms with Gasteiger partial charge in [-0.25, -0.2) is 0 Å². The number of methoxy groups -OCH3 is 1. The number of carbonyl (C=O) groups excluding carboxylic acids is 1. The lowest BCUT2D eigenvalue weighted by Crippen LogP contribution is -2.33. The van der Waals surface area contributed by atoms with Gasteiger partial charge < -0.3 is 9.64 Å². The quantitative estimate of drug-likeness (QED) is 0.842. The minimum atomic E-state index is 0.180. The van der Waals surface area contributed by atoms with E-state index in [2.05, 4.69) is 22.2 Å². The summed E-state index contributed by atoms with van der Waals surface area (Å²) in [6.45, 7) is 2.97. The standard InChI is InChI=1S/C14H19N5O2/c1-10-4-3-9-18(10)14(20)8-6-12-16-15-11-5-7-13(21-2)17-19(11)12/h5,7,10H,3-4,6,8-9H2,1-2H3. The molecule has 0 N–H and O–H groups in total. The maximum Gasteiger partial charge on any atom is 0.231 e. The summed E-state index contributed by atoms with van der Waals surface area (Å²) < 4.78 is 6.74. The molecule has 3 rings (SSSR count). The molecule has 1 unspecified atom stereocenters. The van der Waals surface area contributed by atoms with Gasteiger partial charge in [0.2, 0.25) is 11.8 Å². The minimum Gasteiger partial charge on any atom is -0.480 e. The van der Waals surface area contributed by atoms with Crippen LogP contribution >= 0.6 is 0 Å². The van der Waals surface area contributed by atoms with Crippen LogP contribution in [0.4, 0.5) is 0 Å². The van der Waals surface area contributed by atoms with Crippen molar-refractivity contribution < 1.29 is 9.53 Å². The van der Waals surface area contributed by atoms with Crippen molar-refractivity contribution in [2.45, 2.75) is 38.6 Å². The molecule has 0 aliphatic carbocycles. The lowest BCUT2D eigenvalue weighted by Gasteiger charge is -2.21. The average molecular weight is 289 g/mol. The van der Waals surface area contributed by atoms with E-state index in [4.69, 9.17) is 4.74 Å². The molecule has 0 bridgehead atoms. The Balaban J connectivity index is 1.71. The van der Waals surface area contributed by atoms with Crippen LogP contribution in [0.1, 0.15) is 32.0 Å². The normalized spacial score (nSPS) is 18.4. The van der Waals surface area contributed by atoms with Crippen LogP contribution in [0.5, 0.6) is 5.88 Å². The Kier molecular flexibility index (Phi) is 3.72. The molecule has 0 spiro atoms. The number of hydrogen-bond acceptors (Lipinski definition) is 5. The molecule has 2 aromatic heterocycles. The van der Waals surface area contributed by atoms with Crippen LogP contribution in [0.3, 0.4) is 0 Å². The SMILES string of the molecule is COc1ccc2nnc(CCC(=O)N3CCCC3C)n2n1. The van der Waals surface area contributed by atoms with Gasteiger partial charge in [-0.1, -0.05) is 0 Å². The van der Waals surface area contributed by atoms with Crippen molar-refractivity contribution in [2.75, 3.05) is 13.7 Å². The van der Waals surface area contributed by atoms with Crippen LogP contribution in [0.15, 0.2) is 12.1 Å². The Morgan fingerprint density at radius 1 is 1.43 bits per heavy atom. The summed E-state index contributed by atoms with van der Waals surface area (Å²) in [5.74, 6) is 1.37. The van der Waals surface area contributed by atoms with Crippen molar-refractivity contribution in [1.82, 2.24) is 24.7 Å². The molecule has 1 aliphatic heterocycles. The van der Waals surface area contributed by atoms with Gasteiger partial charge in [-0.15, -0.1) is 15.3 Å². The first-order chi connectivity index (χ1) is 10.2. The fraction of sp³-hybridized carbons (Fsp3) is 0.571. The summed E-state index contributed by atoms with van der Waals surface area (Å²) in [6, 6.07) is 3.89. The lowest BCUT2D eigenvalue weighted by atomic mass is 10.2. The molecule has 0 radical (unpaired) electrons. The molecule has 1 atom stereocenters. The molecule has 0 saturated carbocycles. The second kappa shape index (κ2) is 5.67. The van der Waals surface area contributed by atoms with Crippen molar-refractivity contribution in [3.63, 3.8) is 0 Å². The van der Waals surface area contributed by atoms with E-state index in [-0.39, 0.29) is 5.91 Å². The topological polar surface area (TPSA) is 72.6 Å². The summed E-state index contributed by atoms with van der Waals surface area (Å²) in [7, 11) is 1.57. The summed E-state index contributed by atoms with van der Waals surface area (Å²) in [6.07, 6.45) is 3.16. The molecule has 2 aromatic rings. The third kappa shape index (κ3) is 2.68. The molecule has 112 valence electrons. The Morgan fingerprint density at radius 2 is 2.29 bits per heavy atom. The van der Waals surface area contributed by atoms with E-state index in [0.29, 0.717) is 36.2 Å². The molecule has 1 aliphatic rings. The van der Waals surface area contributed by atoms with Gasteiger partial charge in [0.1, 0.15) is 0 Å². The lowest BCUT2D eigenvalue weighted by molar-refractivity contribution is -0.131. The van der Waals surface area contributed by atoms with Crippen LogP contribution in [0.2, 0.25) is 0 Å². The van der Waals surface area contributed by atoms with Crippen molar-refractivity contribution in [3.05, 3.63) is 18.0 Å².